The average Bonchev–Trinajstić information content (AvgIpc) is 3.31. The highest BCUT2D eigenvalue weighted by Crippen LogP contribution is 2.43. The van der Waals surface area contributed by atoms with Crippen molar-refractivity contribution in [3.63, 3.8) is 0 Å². The maximum atomic E-state index is 12.9. The summed E-state index contributed by atoms with van der Waals surface area (Å²) in [5.41, 5.74) is 0. The normalized spacial score (nSPS) is 15.2. The molecule has 0 aliphatic carbocycles. The molecule has 0 aromatic heterocycles. The number of nitrogens with one attached hydrogen (secondary N) is 1. The molecule has 0 aliphatic rings. The highest BCUT2D eigenvalue weighted by Gasteiger charge is 2.27. The van der Waals surface area contributed by atoms with Crippen LogP contribution in [0, 0.1) is 0 Å². The molecular formula is C60H100N2O6P+. The predicted octanol–water partition coefficient (Wildman–Crippen LogP) is 16.1. The maximum absolute atomic E-state index is 12.9. The van der Waals surface area contributed by atoms with Crippen LogP contribution < -0.4 is 5.32 Å². The molecule has 0 heterocycles. The summed E-state index contributed by atoms with van der Waals surface area (Å²) < 4.78 is 23.5. The standard InChI is InChI=1S/C60H99N2O6P/c1-6-8-10-12-14-16-18-19-20-21-22-23-24-25-26-27-28-29-30-31-32-33-34-35-36-37-38-39-40-41-42-43-44-46-48-50-52-54-60(64)61-58(57-68-69(65,66)67-56-55-62(3,4)5)59(63)53-51-49-47-45-17-15-13-11-9-7-2/h8-11,14,16-17,19-20,22-23,25-26,28-29,31-32,34-35,37-38,45,51,53,58-59,63H,6-7,12-13,15,18,21,24,27,30,33,36,39-44,46-50,52,54-57H2,1-5H3,(H-,61,64,65,66)/p+1/b10-8-,11-9+,16-14-,20-19-,23-22-,26-25-,29-28-,32-31-,35-34-,38-37-,45-17+,53-51+. The molecule has 0 radical (unpaired) electrons. The molecule has 0 aromatic rings. The van der Waals surface area contributed by atoms with Gasteiger partial charge in [0, 0.05) is 6.42 Å². The minimum Gasteiger partial charge on any atom is -0.387 e. The largest absolute Gasteiger partial charge is 0.472 e. The number of amides is 1. The number of carbonyl (C=O) groups is 1. The lowest BCUT2D eigenvalue weighted by atomic mass is 10.1. The van der Waals surface area contributed by atoms with Crippen LogP contribution in [0.4, 0.5) is 0 Å². The van der Waals surface area contributed by atoms with Gasteiger partial charge in [0.25, 0.3) is 0 Å². The second kappa shape index (κ2) is 49.4. The number of aliphatic hydroxyl groups is 1. The lowest BCUT2D eigenvalue weighted by molar-refractivity contribution is -0.870. The van der Waals surface area contributed by atoms with Gasteiger partial charge in [-0.2, -0.15) is 0 Å². The first-order chi connectivity index (χ1) is 33.5. The molecule has 0 saturated heterocycles. The number of unbranched alkanes of at least 4 members (excludes halogenated alkanes) is 11. The number of hydrogen-bond donors (Lipinski definition) is 3. The summed E-state index contributed by atoms with van der Waals surface area (Å²) in [6.07, 6.45) is 76.8. The van der Waals surface area contributed by atoms with Gasteiger partial charge in [-0.15, -0.1) is 0 Å². The summed E-state index contributed by atoms with van der Waals surface area (Å²) in [6.45, 7) is 4.51. The van der Waals surface area contributed by atoms with Crippen molar-refractivity contribution < 1.29 is 32.9 Å². The zero-order chi connectivity index (χ0) is 50.6. The van der Waals surface area contributed by atoms with Crippen molar-refractivity contribution in [1.82, 2.24) is 5.32 Å². The number of likely N-dealkylation sites (N-methyl/N-ethyl adjacent to an activating group) is 1. The highest BCUT2D eigenvalue weighted by molar-refractivity contribution is 7.47. The van der Waals surface area contributed by atoms with Crippen LogP contribution in [0.15, 0.2) is 146 Å². The number of quaternary nitrogens is 1. The Morgan fingerprint density at radius 2 is 0.841 bits per heavy atom. The van der Waals surface area contributed by atoms with Crippen LogP contribution in [0.1, 0.15) is 174 Å². The summed E-state index contributed by atoms with van der Waals surface area (Å²) in [6, 6.07) is -0.881. The van der Waals surface area contributed by atoms with E-state index in [0.29, 0.717) is 17.4 Å². The van der Waals surface area contributed by atoms with Crippen molar-refractivity contribution in [3.8, 4) is 0 Å². The fraction of sp³-hybridized carbons (Fsp3) is 0.583. The minimum atomic E-state index is -4.36. The Morgan fingerprint density at radius 1 is 0.493 bits per heavy atom. The van der Waals surface area contributed by atoms with E-state index in [4.69, 9.17) is 9.05 Å². The van der Waals surface area contributed by atoms with Crippen molar-refractivity contribution in [1.29, 1.82) is 0 Å². The number of rotatable bonds is 46. The second-order valence-electron chi connectivity index (χ2n) is 18.5. The van der Waals surface area contributed by atoms with Crippen molar-refractivity contribution in [2.24, 2.45) is 0 Å². The number of allylic oxidation sites excluding steroid dienone is 23. The van der Waals surface area contributed by atoms with E-state index >= 15 is 0 Å². The molecule has 0 saturated carbocycles. The smallest absolute Gasteiger partial charge is 0.387 e. The van der Waals surface area contributed by atoms with Crippen LogP contribution in [0.3, 0.4) is 0 Å². The van der Waals surface area contributed by atoms with Gasteiger partial charge < -0.3 is 19.8 Å². The topological polar surface area (TPSA) is 105 Å². The van der Waals surface area contributed by atoms with Gasteiger partial charge >= 0.3 is 7.82 Å². The van der Waals surface area contributed by atoms with Gasteiger partial charge in [-0.25, -0.2) is 4.57 Å². The molecule has 8 nitrogen and oxygen atoms in total. The highest BCUT2D eigenvalue weighted by atomic mass is 31.2. The van der Waals surface area contributed by atoms with Crippen LogP contribution in [-0.4, -0.2) is 73.4 Å². The number of hydrogen-bond acceptors (Lipinski definition) is 5. The predicted molar refractivity (Wildman–Crippen MR) is 299 cm³/mol. The third kappa shape index (κ3) is 52.0. The molecule has 0 aromatic carbocycles. The summed E-state index contributed by atoms with van der Waals surface area (Å²) in [5, 5.41) is 13.8. The third-order valence-electron chi connectivity index (χ3n) is 10.8. The van der Waals surface area contributed by atoms with E-state index in [-0.39, 0.29) is 19.1 Å². The molecule has 0 spiro atoms. The van der Waals surface area contributed by atoms with E-state index < -0.39 is 20.0 Å². The maximum Gasteiger partial charge on any atom is 0.472 e. The van der Waals surface area contributed by atoms with Crippen molar-refractivity contribution >= 4 is 13.7 Å². The Labute approximate surface area is 423 Å². The molecule has 0 fully saturated rings. The van der Waals surface area contributed by atoms with Gasteiger partial charge in [0.2, 0.25) is 5.91 Å². The Morgan fingerprint density at radius 3 is 1.28 bits per heavy atom. The molecule has 0 aliphatic heterocycles. The SMILES string of the molecule is CC/C=C\C/C=C\C/C=C\C/C=C\C/C=C\C/C=C\C/C=C\C/C=C\C/C=C\CCCCCCCCCCCC(=O)NC(COP(=O)(O)OCC[N+](C)(C)C)C(O)/C=C/CC/C=C/CC/C=C/CC. The Bertz CT molecular complexity index is 1620. The van der Waals surface area contributed by atoms with E-state index in [9.17, 15) is 19.4 Å². The molecule has 0 rings (SSSR count). The number of phosphoric acid groups is 1. The van der Waals surface area contributed by atoms with Crippen molar-refractivity contribution in [2.75, 3.05) is 40.9 Å². The summed E-state index contributed by atoms with van der Waals surface area (Å²) in [4.78, 5) is 23.1. The van der Waals surface area contributed by atoms with E-state index in [1.54, 1.807) is 6.08 Å². The van der Waals surface area contributed by atoms with Gasteiger partial charge in [0.1, 0.15) is 13.2 Å². The monoisotopic (exact) mass is 976 g/mol. The number of aliphatic hydroxyl groups excluding tert-OH is 1. The van der Waals surface area contributed by atoms with Gasteiger partial charge in [-0.1, -0.05) is 205 Å². The summed E-state index contributed by atoms with van der Waals surface area (Å²) >= 11 is 0. The fourth-order valence-corrected chi connectivity index (χ4v) is 7.40. The van der Waals surface area contributed by atoms with Crippen LogP contribution in [0.5, 0.6) is 0 Å². The molecule has 390 valence electrons. The summed E-state index contributed by atoms with van der Waals surface area (Å²) in [5.74, 6) is -0.208. The Hall–Kier alpha value is -3.62. The van der Waals surface area contributed by atoms with E-state index in [2.05, 4.69) is 153 Å². The van der Waals surface area contributed by atoms with Crippen molar-refractivity contribution in [2.45, 2.75) is 187 Å². The molecule has 9 heteroatoms. The van der Waals surface area contributed by atoms with Crippen molar-refractivity contribution in [3.05, 3.63) is 146 Å². The molecule has 3 atom stereocenters. The first-order valence-electron chi connectivity index (χ1n) is 26.7. The lowest BCUT2D eigenvalue weighted by Gasteiger charge is -2.25. The van der Waals surface area contributed by atoms with E-state index in [1.165, 1.54) is 32.1 Å². The molecule has 1 amide bonds. The van der Waals surface area contributed by atoms with E-state index in [0.717, 1.165) is 122 Å². The summed E-state index contributed by atoms with van der Waals surface area (Å²) in [7, 11) is 1.51. The second-order valence-corrected chi connectivity index (χ2v) is 19.9. The first-order valence-corrected chi connectivity index (χ1v) is 28.2. The Kier molecular flexibility index (Phi) is 46.8. The van der Waals surface area contributed by atoms with Gasteiger partial charge in [-0.3, -0.25) is 13.8 Å². The van der Waals surface area contributed by atoms with Crippen LogP contribution in [0.25, 0.3) is 0 Å². The van der Waals surface area contributed by atoms with Crippen LogP contribution in [0.2, 0.25) is 0 Å². The number of carbonyl (C=O) groups excluding carboxylic acids is 1. The third-order valence-corrected chi connectivity index (χ3v) is 11.8. The lowest BCUT2D eigenvalue weighted by Crippen LogP contribution is -2.45. The van der Waals surface area contributed by atoms with Gasteiger partial charge in [0.15, 0.2) is 0 Å². The molecular weight excluding hydrogens is 876 g/mol. The molecule has 0 bridgehead atoms. The van der Waals surface area contributed by atoms with Crippen LogP contribution >= 0.6 is 7.82 Å². The zero-order valence-electron chi connectivity index (χ0n) is 44.2. The quantitative estimate of drug-likeness (QED) is 0.0243. The number of nitrogens with zero attached hydrogens (tertiary/aromatic N) is 1. The van der Waals surface area contributed by atoms with E-state index in [1.807, 2.05) is 27.2 Å². The Balaban J connectivity index is 4.12. The average molecular weight is 976 g/mol. The zero-order valence-corrected chi connectivity index (χ0v) is 45.1. The molecule has 3 N–H and O–H groups in total. The fourth-order valence-electron chi connectivity index (χ4n) is 6.66. The number of phosphoric ester groups is 1. The van der Waals surface area contributed by atoms with Gasteiger partial charge in [0.05, 0.1) is 39.9 Å². The molecule has 3 unspecified atom stereocenters. The van der Waals surface area contributed by atoms with Gasteiger partial charge in [-0.05, 0) is 109 Å². The minimum absolute atomic E-state index is 0.0442. The molecule has 69 heavy (non-hydrogen) atoms. The first kappa shape index (κ1) is 65.4. The van der Waals surface area contributed by atoms with Crippen LogP contribution in [-0.2, 0) is 18.4 Å².